The molecule has 2 N–H and O–H groups in total. The molecule has 1 aliphatic rings. The quantitative estimate of drug-likeness (QED) is 0.659. The molecular weight excluding hydrogens is 326 g/mol. The second-order valence-corrected chi connectivity index (χ2v) is 6.19. The lowest BCUT2D eigenvalue weighted by Crippen LogP contribution is -2.18. The summed E-state index contributed by atoms with van der Waals surface area (Å²) in [5.74, 6) is -0.217. The highest BCUT2D eigenvalue weighted by Crippen LogP contribution is 2.19. The van der Waals surface area contributed by atoms with Crippen molar-refractivity contribution in [2.24, 2.45) is 4.99 Å². The Morgan fingerprint density at radius 2 is 2.38 bits per heavy atom. The fourth-order valence-electron chi connectivity index (χ4n) is 2.71. The smallest absolute Gasteiger partial charge is 0.264 e. The molecule has 2 heterocycles. The van der Waals surface area contributed by atoms with Crippen LogP contribution in [-0.2, 0) is 4.74 Å². The van der Waals surface area contributed by atoms with Gasteiger partial charge < -0.3 is 9.84 Å². The Morgan fingerprint density at radius 1 is 1.54 bits per heavy atom. The maximum Gasteiger partial charge on any atom is 0.264 e. The van der Waals surface area contributed by atoms with Crippen LogP contribution in [0.25, 0.3) is 5.69 Å². The number of aliphatic imine (C=N–C) groups is 1. The summed E-state index contributed by atoms with van der Waals surface area (Å²) in [6.07, 6.45) is 3.47. The van der Waals surface area contributed by atoms with Crippen LogP contribution in [-0.4, -0.2) is 40.1 Å². The fourth-order valence-corrected chi connectivity index (χ4v) is 3.00. The largest absolute Gasteiger partial charge is 0.494 e. The van der Waals surface area contributed by atoms with Gasteiger partial charge in [0, 0.05) is 12.8 Å². The van der Waals surface area contributed by atoms with Crippen LogP contribution in [0.5, 0.6) is 5.88 Å². The maximum atomic E-state index is 12.1. The third-order valence-corrected chi connectivity index (χ3v) is 4.22. The molecule has 0 spiro atoms. The van der Waals surface area contributed by atoms with Crippen molar-refractivity contribution in [2.75, 3.05) is 13.2 Å². The van der Waals surface area contributed by atoms with Crippen molar-refractivity contribution in [3.63, 3.8) is 0 Å². The molecule has 1 saturated heterocycles. The summed E-state index contributed by atoms with van der Waals surface area (Å²) in [5, 5.41) is 10.5. The van der Waals surface area contributed by atoms with Crippen LogP contribution in [0, 0.1) is 11.7 Å². The van der Waals surface area contributed by atoms with Crippen LogP contribution in [0.4, 0.5) is 0 Å². The van der Waals surface area contributed by atoms with E-state index in [-0.39, 0.29) is 22.3 Å². The number of aromatic hydroxyl groups is 1. The SMILES string of the molecule is Cc1cccc(-n2c(O)c(C=NC[C@H]3CCCO3)c(=O)[nH]c2=S)c1. The normalized spacial score (nSPS) is 17.6. The number of aryl methyl sites for hydroxylation is 1. The van der Waals surface area contributed by atoms with E-state index in [1.54, 1.807) is 0 Å². The number of nitrogens with zero attached hydrogens (tertiary/aromatic N) is 2. The molecule has 1 fully saturated rings. The van der Waals surface area contributed by atoms with Gasteiger partial charge in [-0.1, -0.05) is 12.1 Å². The number of aromatic nitrogens is 2. The topological polar surface area (TPSA) is 79.6 Å². The monoisotopic (exact) mass is 345 g/mol. The second kappa shape index (κ2) is 7.11. The first-order chi connectivity index (χ1) is 11.6. The van der Waals surface area contributed by atoms with E-state index in [1.807, 2.05) is 31.2 Å². The Balaban J connectivity index is 1.98. The molecule has 2 aromatic rings. The van der Waals surface area contributed by atoms with Gasteiger partial charge in [-0.15, -0.1) is 0 Å². The van der Waals surface area contributed by atoms with Crippen molar-refractivity contribution in [1.82, 2.24) is 9.55 Å². The van der Waals surface area contributed by atoms with Crippen LogP contribution >= 0.6 is 12.2 Å². The van der Waals surface area contributed by atoms with E-state index in [0.717, 1.165) is 25.0 Å². The molecule has 3 rings (SSSR count). The van der Waals surface area contributed by atoms with Crippen molar-refractivity contribution >= 4 is 18.4 Å². The second-order valence-electron chi connectivity index (χ2n) is 5.80. The van der Waals surface area contributed by atoms with Gasteiger partial charge in [0.25, 0.3) is 5.56 Å². The number of rotatable bonds is 4. The van der Waals surface area contributed by atoms with E-state index in [2.05, 4.69) is 9.98 Å². The average Bonchev–Trinajstić information content (AvgIpc) is 3.03. The minimum Gasteiger partial charge on any atom is -0.494 e. The third kappa shape index (κ3) is 3.47. The summed E-state index contributed by atoms with van der Waals surface area (Å²) < 4.78 is 7.06. The lowest BCUT2D eigenvalue weighted by Gasteiger charge is -2.12. The van der Waals surface area contributed by atoms with Crippen molar-refractivity contribution in [2.45, 2.75) is 25.9 Å². The summed E-state index contributed by atoms with van der Waals surface area (Å²) in [6.45, 7) is 3.17. The first-order valence-corrected chi connectivity index (χ1v) is 8.24. The molecule has 0 amide bonds. The Bertz CT molecular complexity index is 879. The molecule has 0 unspecified atom stereocenters. The van der Waals surface area contributed by atoms with E-state index < -0.39 is 5.56 Å². The molecule has 0 saturated carbocycles. The lowest BCUT2D eigenvalue weighted by molar-refractivity contribution is 0.118. The minimum atomic E-state index is -0.461. The van der Waals surface area contributed by atoms with Crippen LogP contribution in [0.2, 0.25) is 0 Å². The number of hydrogen-bond acceptors (Lipinski definition) is 5. The summed E-state index contributed by atoms with van der Waals surface area (Å²) >= 11 is 5.19. The Hall–Kier alpha value is -2.25. The highest BCUT2D eigenvalue weighted by molar-refractivity contribution is 7.71. The third-order valence-electron chi connectivity index (χ3n) is 3.93. The van der Waals surface area contributed by atoms with Gasteiger partial charge in [0.2, 0.25) is 5.88 Å². The Kier molecular flexibility index (Phi) is 4.92. The Morgan fingerprint density at radius 3 is 3.08 bits per heavy atom. The average molecular weight is 345 g/mol. The van der Waals surface area contributed by atoms with E-state index in [4.69, 9.17) is 17.0 Å². The van der Waals surface area contributed by atoms with Gasteiger partial charge in [0.05, 0.1) is 18.3 Å². The molecule has 126 valence electrons. The summed E-state index contributed by atoms with van der Waals surface area (Å²) in [6, 6.07) is 7.50. The zero-order valence-electron chi connectivity index (χ0n) is 13.4. The van der Waals surface area contributed by atoms with Crippen LogP contribution in [0.3, 0.4) is 0 Å². The molecule has 7 heteroatoms. The molecule has 0 radical (unpaired) electrons. The number of ether oxygens (including phenoxy) is 1. The number of H-pyrrole nitrogens is 1. The van der Waals surface area contributed by atoms with Gasteiger partial charge in [0.15, 0.2) is 4.77 Å². The first-order valence-electron chi connectivity index (χ1n) is 7.83. The van der Waals surface area contributed by atoms with Gasteiger partial charge in [-0.25, -0.2) is 0 Å². The molecular formula is C17H19N3O3S. The van der Waals surface area contributed by atoms with Crippen LogP contribution in [0.1, 0.15) is 24.0 Å². The van der Waals surface area contributed by atoms with E-state index >= 15 is 0 Å². The van der Waals surface area contributed by atoms with Crippen molar-refractivity contribution in [3.05, 3.63) is 50.5 Å². The molecule has 0 aliphatic carbocycles. The molecule has 1 atom stereocenters. The van der Waals surface area contributed by atoms with Crippen molar-refractivity contribution < 1.29 is 9.84 Å². The molecule has 0 bridgehead atoms. The van der Waals surface area contributed by atoms with Crippen LogP contribution < -0.4 is 5.56 Å². The highest BCUT2D eigenvalue weighted by atomic mass is 32.1. The molecule has 1 aromatic carbocycles. The van der Waals surface area contributed by atoms with Gasteiger partial charge in [0.1, 0.15) is 5.56 Å². The maximum absolute atomic E-state index is 12.1. The van der Waals surface area contributed by atoms with E-state index in [1.165, 1.54) is 10.8 Å². The zero-order valence-corrected chi connectivity index (χ0v) is 14.2. The van der Waals surface area contributed by atoms with Crippen molar-refractivity contribution in [1.29, 1.82) is 0 Å². The van der Waals surface area contributed by atoms with E-state index in [9.17, 15) is 9.90 Å². The lowest BCUT2D eigenvalue weighted by atomic mass is 10.2. The molecule has 24 heavy (non-hydrogen) atoms. The van der Waals surface area contributed by atoms with Crippen LogP contribution in [0.15, 0.2) is 34.1 Å². The van der Waals surface area contributed by atoms with Gasteiger partial charge in [-0.05, 0) is 49.7 Å². The summed E-state index contributed by atoms with van der Waals surface area (Å²) in [7, 11) is 0. The predicted octanol–water partition coefficient (Wildman–Crippen LogP) is 2.51. The first kappa shape index (κ1) is 16.6. The van der Waals surface area contributed by atoms with E-state index in [0.29, 0.717) is 12.2 Å². The summed E-state index contributed by atoms with van der Waals surface area (Å²) in [5.41, 5.74) is 1.33. The number of nitrogens with one attached hydrogen (secondary N) is 1. The van der Waals surface area contributed by atoms with Gasteiger partial charge in [-0.2, -0.15) is 0 Å². The molecule has 1 aromatic heterocycles. The number of hydrogen-bond donors (Lipinski definition) is 2. The van der Waals surface area contributed by atoms with Crippen molar-refractivity contribution in [3.8, 4) is 11.6 Å². The molecule has 1 aliphatic heterocycles. The minimum absolute atomic E-state index is 0.0862. The fraction of sp³-hybridized carbons (Fsp3) is 0.353. The number of benzene rings is 1. The predicted molar refractivity (Wildman–Crippen MR) is 95.1 cm³/mol. The highest BCUT2D eigenvalue weighted by Gasteiger charge is 2.15. The standard InChI is InChI=1S/C17H19N3O3S/c1-11-4-2-5-12(8-11)20-16(22)14(15(21)19-17(20)24)10-18-9-13-6-3-7-23-13/h2,4-5,8,10,13,22H,3,6-7,9H2,1H3,(H,19,21,24)/t13-/m1/s1. The zero-order chi connectivity index (χ0) is 17.1. The van der Waals surface area contributed by atoms with Gasteiger partial charge >= 0.3 is 0 Å². The Labute approximate surface area is 144 Å². The number of aromatic amines is 1. The summed E-state index contributed by atoms with van der Waals surface area (Å²) in [4.78, 5) is 19.0. The van der Waals surface area contributed by atoms with Gasteiger partial charge in [-0.3, -0.25) is 19.3 Å². The molecule has 6 nitrogen and oxygen atoms in total.